The van der Waals surface area contributed by atoms with E-state index in [4.69, 9.17) is 9.84 Å². The van der Waals surface area contributed by atoms with Crippen molar-refractivity contribution < 1.29 is 41.6 Å². The molecular formula is C10H12ClF2NO3. The molecule has 1 aromatic rings. The Balaban J connectivity index is 0.00000256. The number of quaternary nitrogens is 1. The number of carbonyl (C=O) groups is 1. The predicted molar refractivity (Wildman–Crippen MR) is 50.9 cm³/mol. The quantitative estimate of drug-likeness (QED) is 0.620. The van der Waals surface area contributed by atoms with Crippen LogP contribution < -0.4 is 22.9 Å². The Hall–Kier alpha value is -1.40. The zero-order valence-corrected chi connectivity index (χ0v) is 9.80. The summed E-state index contributed by atoms with van der Waals surface area (Å²) in [5.74, 6) is -3.05. The molecule has 17 heavy (non-hydrogen) atoms. The van der Waals surface area contributed by atoms with Crippen molar-refractivity contribution in [3.63, 3.8) is 0 Å². The van der Waals surface area contributed by atoms with E-state index in [-0.39, 0.29) is 30.1 Å². The van der Waals surface area contributed by atoms with E-state index < -0.39 is 23.6 Å². The average molecular weight is 268 g/mol. The van der Waals surface area contributed by atoms with Gasteiger partial charge in [-0.1, -0.05) is 0 Å². The minimum atomic E-state index is -1.10. The average Bonchev–Trinajstić information content (AvgIpc) is 2.22. The summed E-state index contributed by atoms with van der Waals surface area (Å²) >= 11 is 0. The molecule has 0 spiro atoms. The Morgan fingerprint density at radius 2 is 2.00 bits per heavy atom. The van der Waals surface area contributed by atoms with Crippen LogP contribution in [0.5, 0.6) is 5.75 Å². The van der Waals surface area contributed by atoms with Crippen molar-refractivity contribution >= 4 is 5.97 Å². The topological polar surface area (TPSA) is 74.2 Å². The highest BCUT2D eigenvalue weighted by Crippen LogP contribution is 2.22. The second-order valence-corrected chi connectivity index (χ2v) is 3.32. The van der Waals surface area contributed by atoms with Crippen LogP contribution in [0, 0.1) is 11.6 Å². The summed E-state index contributed by atoms with van der Waals surface area (Å²) in [7, 11) is 1.30. The molecule has 1 unspecified atom stereocenters. The molecule has 7 heteroatoms. The first-order valence-electron chi connectivity index (χ1n) is 4.53. The van der Waals surface area contributed by atoms with Gasteiger partial charge in [-0.05, 0) is 6.07 Å². The smallest absolute Gasteiger partial charge is 0.362 e. The summed E-state index contributed by atoms with van der Waals surface area (Å²) in [6, 6.07) is 0.882. The van der Waals surface area contributed by atoms with E-state index in [0.717, 1.165) is 12.1 Å². The highest BCUT2D eigenvalue weighted by atomic mass is 35.5. The van der Waals surface area contributed by atoms with Crippen LogP contribution in [0.15, 0.2) is 12.1 Å². The SMILES string of the molecule is COc1cc(F)c(F)cc1CC([NH3+])C(=O)O.[Cl-]. The number of carboxylic acids is 1. The number of hydrogen-bond donors (Lipinski definition) is 2. The van der Waals surface area contributed by atoms with Gasteiger partial charge in [0.25, 0.3) is 0 Å². The largest absolute Gasteiger partial charge is 1.00 e. The molecule has 0 aliphatic carbocycles. The molecule has 0 aliphatic heterocycles. The molecule has 0 saturated carbocycles. The third-order valence-electron chi connectivity index (χ3n) is 2.14. The molecule has 0 radical (unpaired) electrons. The summed E-state index contributed by atoms with van der Waals surface area (Å²) in [5.41, 5.74) is 3.67. The van der Waals surface area contributed by atoms with E-state index in [2.05, 4.69) is 5.73 Å². The van der Waals surface area contributed by atoms with Crippen LogP contribution in [0.25, 0.3) is 0 Å². The lowest BCUT2D eigenvalue weighted by atomic mass is 10.1. The van der Waals surface area contributed by atoms with Crippen LogP contribution in [0.3, 0.4) is 0 Å². The van der Waals surface area contributed by atoms with Crippen molar-refractivity contribution in [1.82, 2.24) is 0 Å². The minimum Gasteiger partial charge on any atom is -1.00 e. The summed E-state index contributed by atoms with van der Waals surface area (Å²) in [6.07, 6.45) is -0.0181. The summed E-state index contributed by atoms with van der Waals surface area (Å²) in [5, 5.41) is 8.66. The molecule has 4 N–H and O–H groups in total. The molecule has 0 amide bonds. The van der Waals surface area contributed by atoms with Crippen LogP contribution in [0.1, 0.15) is 5.56 Å². The predicted octanol–water partition coefficient (Wildman–Crippen LogP) is -2.78. The van der Waals surface area contributed by atoms with Crippen molar-refractivity contribution in [2.45, 2.75) is 12.5 Å². The lowest BCUT2D eigenvalue weighted by Gasteiger charge is -2.09. The Morgan fingerprint density at radius 1 is 1.47 bits per heavy atom. The zero-order valence-electron chi connectivity index (χ0n) is 9.04. The van der Waals surface area contributed by atoms with Crippen LogP contribution >= 0.6 is 0 Å². The number of methoxy groups -OCH3 is 1. The lowest BCUT2D eigenvalue weighted by Crippen LogP contribution is -3.00. The summed E-state index contributed by atoms with van der Waals surface area (Å²) < 4.78 is 30.6. The van der Waals surface area contributed by atoms with Gasteiger partial charge in [0.05, 0.1) is 7.11 Å². The lowest BCUT2D eigenvalue weighted by molar-refractivity contribution is -0.407. The van der Waals surface area contributed by atoms with Crippen LogP contribution in [0.4, 0.5) is 8.78 Å². The Bertz CT molecular complexity index is 415. The van der Waals surface area contributed by atoms with Crippen LogP contribution in [-0.2, 0) is 11.2 Å². The van der Waals surface area contributed by atoms with Crippen molar-refractivity contribution in [2.24, 2.45) is 0 Å². The second-order valence-electron chi connectivity index (χ2n) is 3.32. The maximum absolute atomic E-state index is 12.9. The van der Waals surface area contributed by atoms with Gasteiger partial charge in [-0.15, -0.1) is 0 Å². The first-order valence-corrected chi connectivity index (χ1v) is 4.53. The molecule has 4 nitrogen and oxygen atoms in total. The molecule has 0 bridgehead atoms. The third kappa shape index (κ3) is 3.83. The normalized spacial score (nSPS) is 11.5. The van der Waals surface area contributed by atoms with Crippen LogP contribution in [0.2, 0.25) is 0 Å². The molecule has 1 rings (SSSR count). The van der Waals surface area contributed by atoms with Gasteiger partial charge in [-0.3, -0.25) is 0 Å². The van der Waals surface area contributed by atoms with E-state index >= 15 is 0 Å². The fourth-order valence-electron chi connectivity index (χ4n) is 1.27. The summed E-state index contributed by atoms with van der Waals surface area (Å²) in [4.78, 5) is 10.6. The highest BCUT2D eigenvalue weighted by molar-refractivity contribution is 5.72. The fraction of sp³-hybridized carbons (Fsp3) is 0.300. The number of benzene rings is 1. The highest BCUT2D eigenvalue weighted by Gasteiger charge is 2.20. The van der Waals surface area contributed by atoms with E-state index in [0.29, 0.717) is 0 Å². The van der Waals surface area contributed by atoms with E-state index in [1.807, 2.05) is 0 Å². The summed E-state index contributed by atoms with van der Waals surface area (Å²) in [6.45, 7) is 0. The first kappa shape index (κ1) is 15.6. The number of hydrogen-bond acceptors (Lipinski definition) is 2. The molecule has 96 valence electrons. The maximum atomic E-state index is 12.9. The number of halogens is 3. The van der Waals surface area contributed by atoms with Gasteiger partial charge in [-0.25, -0.2) is 13.6 Å². The Kier molecular flexibility index (Phi) is 5.84. The second kappa shape index (κ2) is 6.36. The zero-order chi connectivity index (χ0) is 12.3. The Labute approximate surface area is 103 Å². The first-order chi connectivity index (χ1) is 7.45. The molecule has 0 fully saturated rings. The van der Waals surface area contributed by atoms with Crippen molar-refractivity contribution in [1.29, 1.82) is 0 Å². The molecule has 1 atom stereocenters. The molecular weight excluding hydrogens is 256 g/mol. The number of carboxylic acid groups (broad SMARTS) is 1. The third-order valence-corrected chi connectivity index (χ3v) is 2.14. The van der Waals surface area contributed by atoms with Gasteiger partial charge >= 0.3 is 5.97 Å². The monoisotopic (exact) mass is 267 g/mol. The van der Waals surface area contributed by atoms with Crippen molar-refractivity contribution in [3.8, 4) is 5.75 Å². The molecule has 0 heterocycles. The number of ether oxygens (including phenoxy) is 1. The van der Waals surface area contributed by atoms with E-state index in [1.165, 1.54) is 7.11 Å². The van der Waals surface area contributed by atoms with Crippen molar-refractivity contribution in [3.05, 3.63) is 29.3 Å². The van der Waals surface area contributed by atoms with Crippen LogP contribution in [-0.4, -0.2) is 24.2 Å². The van der Waals surface area contributed by atoms with Gasteiger partial charge in [0.2, 0.25) is 0 Å². The van der Waals surface area contributed by atoms with Gasteiger partial charge < -0.3 is 28.0 Å². The van der Waals surface area contributed by atoms with Gasteiger partial charge in [0.1, 0.15) is 5.75 Å². The minimum absolute atomic E-state index is 0. The van der Waals surface area contributed by atoms with E-state index in [9.17, 15) is 13.6 Å². The fourth-order valence-corrected chi connectivity index (χ4v) is 1.27. The number of aliphatic carboxylic acids is 1. The Morgan fingerprint density at radius 3 is 2.47 bits per heavy atom. The van der Waals surface area contributed by atoms with Crippen molar-refractivity contribution in [2.75, 3.05) is 7.11 Å². The van der Waals surface area contributed by atoms with E-state index in [1.54, 1.807) is 0 Å². The van der Waals surface area contributed by atoms with Gasteiger partial charge in [-0.2, -0.15) is 0 Å². The molecule has 0 aliphatic rings. The van der Waals surface area contributed by atoms with Gasteiger partial charge in [0.15, 0.2) is 17.7 Å². The standard InChI is InChI=1S/C10H11F2NO3.ClH/c1-16-9-4-7(12)6(11)2-5(9)3-8(13)10(14)15;/h2,4,8H,3,13H2,1H3,(H,14,15);1H. The maximum Gasteiger partial charge on any atom is 0.362 e. The number of rotatable bonds is 4. The molecule has 1 aromatic carbocycles. The molecule has 0 saturated heterocycles. The van der Waals surface area contributed by atoms with Gasteiger partial charge in [0, 0.05) is 18.1 Å². The molecule has 0 aromatic heterocycles.